The van der Waals surface area contributed by atoms with Gasteiger partial charge in [-0.15, -0.1) is 0 Å². The average molecular weight is 327 g/mol. The van der Waals surface area contributed by atoms with Gasteiger partial charge < -0.3 is 19.5 Å². The molecule has 1 aliphatic heterocycles. The first kappa shape index (κ1) is 16.2. The average Bonchev–Trinajstić information content (AvgIpc) is 2.58. The Hall–Kier alpha value is -2.69. The van der Waals surface area contributed by atoms with Crippen molar-refractivity contribution in [2.75, 3.05) is 19.8 Å². The van der Waals surface area contributed by atoms with Gasteiger partial charge in [-0.05, 0) is 54.8 Å². The summed E-state index contributed by atoms with van der Waals surface area (Å²) in [6.45, 7) is 5.51. The molecule has 2 aromatic carbocycles. The van der Waals surface area contributed by atoms with Crippen LogP contribution >= 0.6 is 0 Å². The Balaban J connectivity index is 1.54. The molecule has 0 spiro atoms. The van der Waals surface area contributed by atoms with Gasteiger partial charge in [0.25, 0.3) is 5.91 Å². The van der Waals surface area contributed by atoms with Gasteiger partial charge in [0.1, 0.15) is 19.0 Å². The molecule has 24 heavy (non-hydrogen) atoms. The molecule has 0 atom stereocenters. The summed E-state index contributed by atoms with van der Waals surface area (Å²) in [6.07, 6.45) is 0. The number of nitrogens with one attached hydrogen (secondary N) is 1. The Labute approximate surface area is 141 Å². The third kappa shape index (κ3) is 3.98. The summed E-state index contributed by atoms with van der Waals surface area (Å²) in [5.74, 6) is 2.02. The van der Waals surface area contributed by atoms with Crippen LogP contribution in [0.4, 0.5) is 0 Å². The number of rotatable bonds is 5. The first-order valence-electron chi connectivity index (χ1n) is 7.97. The number of fused-ring (bicyclic) bond motifs is 1. The minimum atomic E-state index is -0.161. The first-order chi connectivity index (χ1) is 11.6. The smallest absolute Gasteiger partial charge is 0.258 e. The van der Waals surface area contributed by atoms with Gasteiger partial charge >= 0.3 is 0 Å². The molecule has 5 nitrogen and oxygen atoms in total. The second-order valence-corrected chi connectivity index (χ2v) is 5.80. The fourth-order valence-corrected chi connectivity index (χ4v) is 2.52. The first-order valence-corrected chi connectivity index (χ1v) is 7.97. The Morgan fingerprint density at radius 1 is 1.12 bits per heavy atom. The van der Waals surface area contributed by atoms with Crippen LogP contribution in [0.1, 0.15) is 16.7 Å². The van der Waals surface area contributed by atoms with Crippen molar-refractivity contribution in [3.8, 4) is 17.2 Å². The van der Waals surface area contributed by atoms with Crippen molar-refractivity contribution in [1.29, 1.82) is 0 Å². The van der Waals surface area contributed by atoms with E-state index in [1.807, 2.05) is 50.2 Å². The van der Waals surface area contributed by atoms with Crippen molar-refractivity contribution in [1.82, 2.24) is 5.32 Å². The molecule has 0 bridgehead atoms. The molecule has 1 N–H and O–H groups in total. The molecule has 0 radical (unpaired) electrons. The minimum absolute atomic E-state index is 0.00689. The van der Waals surface area contributed by atoms with Crippen LogP contribution in [-0.2, 0) is 11.3 Å². The number of ether oxygens (including phenoxy) is 3. The summed E-state index contributed by atoms with van der Waals surface area (Å²) in [5, 5.41) is 2.87. The van der Waals surface area contributed by atoms with Crippen LogP contribution in [0.25, 0.3) is 0 Å². The van der Waals surface area contributed by atoms with E-state index >= 15 is 0 Å². The van der Waals surface area contributed by atoms with E-state index in [9.17, 15) is 4.79 Å². The van der Waals surface area contributed by atoms with Crippen LogP contribution < -0.4 is 19.5 Å². The second-order valence-electron chi connectivity index (χ2n) is 5.80. The van der Waals surface area contributed by atoms with Gasteiger partial charge in [-0.3, -0.25) is 4.79 Å². The standard InChI is InChI=1S/C19H21NO4/c1-13-4-3-5-16(8-13)24-12-19(21)20-11-15-10-18-17(9-14(15)2)22-6-7-23-18/h3-5,8-10H,6-7,11-12H2,1-2H3,(H,20,21). The van der Waals surface area contributed by atoms with E-state index in [2.05, 4.69) is 5.32 Å². The molecular formula is C19H21NO4. The van der Waals surface area contributed by atoms with Crippen molar-refractivity contribution in [3.05, 3.63) is 53.1 Å². The molecular weight excluding hydrogens is 306 g/mol. The zero-order valence-corrected chi connectivity index (χ0v) is 13.9. The third-order valence-electron chi connectivity index (χ3n) is 3.84. The Kier molecular flexibility index (Phi) is 4.89. The molecule has 0 aliphatic carbocycles. The summed E-state index contributed by atoms with van der Waals surface area (Å²) in [5.41, 5.74) is 3.15. The monoisotopic (exact) mass is 327 g/mol. The highest BCUT2D eigenvalue weighted by atomic mass is 16.6. The van der Waals surface area contributed by atoms with Gasteiger partial charge in [0.15, 0.2) is 18.1 Å². The van der Waals surface area contributed by atoms with Crippen molar-refractivity contribution < 1.29 is 19.0 Å². The summed E-state index contributed by atoms with van der Waals surface area (Å²) >= 11 is 0. The summed E-state index contributed by atoms with van der Waals surface area (Å²) < 4.78 is 16.6. The van der Waals surface area contributed by atoms with Crippen molar-refractivity contribution in [2.24, 2.45) is 0 Å². The van der Waals surface area contributed by atoms with Crippen molar-refractivity contribution >= 4 is 5.91 Å². The van der Waals surface area contributed by atoms with E-state index in [0.29, 0.717) is 25.5 Å². The van der Waals surface area contributed by atoms with E-state index in [1.165, 1.54) is 0 Å². The highest BCUT2D eigenvalue weighted by Gasteiger charge is 2.14. The molecule has 2 aromatic rings. The summed E-state index contributed by atoms with van der Waals surface area (Å²) in [4.78, 5) is 12.0. The Morgan fingerprint density at radius 3 is 2.62 bits per heavy atom. The van der Waals surface area contributed by atoms with Crippen LogP contribution in [0.3, 0.4) is 0 Å². The Bertz CT molecular complexity index is 742. The summed E-state index contributed by atoms with van der Waals surface area (Å²) in [6, 6.07) is 11.5. The maximum Gasteiger partial charge on any atom is 0.258 e. The van der Waals surface area contributed by atoms with Crippen molar-refractivity contribution in [3.63, 3.8) is 0 Å². The lowest BCUT2D eigenvalue weighted by Gasteiger charge is -2.20. The maximum atomic E-state index is 12.0. The third-order valence-corrected chi connectivity index (χ3v) is 3.84. The molecule has 1 heterocycles. The van der Waals surface area contributed by atoms with Gasteiger partial charge in [-0.25, -0.2) is 0 Å². The van der Waals surface area contributed by atoms with E-state index in [1.54, 1.807) is 0 Å². The van der Waals surface area contributed by atoms with Gasteiger partial charge in [-0.1, -0.05) is 12.1 Å². The number of carbonyl (C=O) groups is 1. The molecule has 0 saturated heterocycles. The summed E-state index contributed by atoms with van der Waals surface area (Å²) in [7, 11) is 0. The number of benzene rings is 2. The van der Waals surface area contributed by atoms with Crippen LogP contribution in [0, 0.1) is 13.8 Å². The maximum absolute atomic E-state index is 12.0. The predicted octanol–water partition coefficient (Wildman–Crippen LogP) is 2.77. The molecule has 1 amide bonds. The molecule has 1 aliphatic rings. The van der Waals surface area contributed by atoms with Gasteiger partial charge in [-0.2, -0.15) is 0 Å². The fourth-order valence-electron chi connectivity index (χ4n) is 2.52. The fraction of sp³-hybridized carbons (Fsp3) is 0.316. The molecule has 0 unspecified atom stereocenters. The lowest BCUT2D eigenvalue weighted by Crippen LogP contribution is -2.28. The SMILES string of the molecule is Cc1cccc(OCC(=O)NCc2cc3c(cc2C)OCCO3)c1. The lowest BCUT2D eigenvalue weighted by atomic mass is 10.1. The highest BCUT2D eigenvalue weighted by Crippen LogP contribution is 2.32. The van der Waals surface area contributed by atoms with Crippen LogP contribution in [0.2, 0.25) is 0 Å². The number of hydrogen-bond acceptors (Lipinski definition) is 4. The Morgan fingerprint density at radius 2 is 1.88 bits per heavy atom. The van der Waals surface area contributed by atoms with Gasteiger partial charge in [0.2, 0.25) is 0 Å². The number of aryl methyl sites for hydroxylation is 2. The van der Waals surface area contributed by atoms with E-state index < -0.39 is 0 Å². The van der Waals surface area contributed by atoms with E-state index in [-0.39, 0.29) is 12.5 Å². The highest BCUT2D eigenvalue weighted by molar-refractivity contribution is 5.77. The minimum Gasteiger partial charge on any atom is -0.486 e. The normalized spacial score (nSPS) is 12.6. The number of carbonyl (C=O) groups excluding carboxylic acids is 1. The molecule has 5 heteroatoms. The molecule has 0 fully saturated rings. The van der Waals surface area contributed by atoms with Crippen LogP contribution in [0.5, 0.6) is 17.2 Å². The van der Waals surface area contributed by atoms with Gasteiger partial charge in [0, 0.05) is 6.54 Å². The molecule has 0 saturated carbocycles. The number of hydrogen-bond donors (Lipinski definition) is 1. The molecule has 0 aromatic heterocycles. The number of amides is 1. The van der Waals surface area contributed by atoms with E-state index in [4.69, 9.17) is 14.2 Å². The topological polar surface area (TPSA) is 56.8 Å². The zero-order chi connectivity index (χ0) is 16.9. The van der Waals surface area contributed by atoms with Crippen molar-refractivity contribution in [2.45, 2.75) is 20.4 Å². The zero-order valence-electron chi connectivity index (χ0n) is 13.9. The van der Waals surface area contributed by atoms with Crippen LogP contribution in [0.15, 0.2) is 36.4 Å². The lowest BCUT2D eigenvalue weighted by molar-refractivity contribution is -0.123. The second kappa shape index (κ2) is 7.25. The molecule has 126 valence electrons. The largest absolute Gasteiger partial charge is 0.486 e. The van der Waals surface area contributed by atoms with E-state index in [0.717, 1.165) is 28.2 Å². The van der Waals surface area contributed by atoms with Crippen LogP contribution in [-0.4, -0.2) is 25.7 Å². The predicted molar refractivity (Wildman–Crippen MR) is 90.7 cm³/mol. The molecule has 3 rings (SSSR count). The quantitative estimate of drug-likeness (QED) is 0.917. The van der Waals surface area contributed by atoms with Gasteiger partial charge in [0.05, 0.1) is 0 Å².